The molecular formula is C115H101ClN18O. The number of ether oxygens (including phenoxy) is 1. The van der Waals surface area contributed by atoms with Gasteiger partial charge in [0.15, 0.2) is 0 Å². The molecule has 664 valence electrons. The summed E-state index contributed by atoms with van der Waals surface area (Å²) in [6, 6.07) is 86.8. The van der Waals surface area contributed by atoms with Crippen molar-refractivity contribution in [2.24, 2.45) is 0 Å². The van der Waals surface area contributed by atoms with E-state index in [0.717, 1.165) is 202 Å². The van der Waals surface area contributed by atoms with Crippen LogP contribution < -0.4 is 37.1 Å². The molecule has 0 atom stereocenters. The van der Waals surface area contributed by atoms with Gasteiger partial charge in [0.2, 0.25) is 0 Å². The fraction of sp³-hybridized carbons (Fsp3) is 0.148. The minimum Gasteiger partial charge on any atom is -0.496 e. The Morgan fingerprint density at radius 3 is 0.963 bits per heavy atom. The molecule has 7 N–H and O–H groups in total. The molecule has 0 unspecified atom stereocenters. The lowest BCUT2D eigenvalue weighted by Crippen LogP contribution is -2.00. The number of halogens is 1. The van der Waals surface area contributed by atoms with Crippen LogP contribution in [0.4, 0.5) is 34.1 Å². The second kappa shape index (κ2) is 44.0. The van der Waals surface area contributed by atoms with E-state index in [4.69, 9.17) is 94.1 Å². The van der Waals surface area contributed by atoms with Crippen LogP contribution >= 0.6 is 11.6 Å². The van der Waals surface area contributed by atoms with Crippen molar-refractivity contribution in [3.63, 3.8) is 0 Å². The van der Waals surface area contributed by atoms with Crippen molar-refractivity contribution in [1.82, 2.24) is 59.8 Å². The van der Waals surface area contributed by atoms with Crippen molar-refractivity contribution < 1.29 is 4.74 Å². The van der Waals surface area contributed by atoms with E-state index in [1.165, 1.54) is 33.0 Å². The Hall–Kier alpha value is -17.2. The Morgan fingerprint density at radius 2 is 0.585 bits per heavy atom. The molecule has 19 aromatic rings. The fourth-order valence-corrected chi connectivity index (χ4v) is 15.4. The van der Waals surface area contributed by atoms with Gasteiger partial charge in [0.05, 0.1) is 180 Å². The number of nitrogens with zero attached hydrogens (tertiary/aromatic N) is 12. The number of terminal acetylenes is 5. The van der Waals surface area contributed by atoms with Crippen LogP contribution in [0.2, 0.25) is 5.02 Å². The molecule has 0 saturated carbocycles. The Labute approximate surface area is 793 Å². The molecule has 0 radical (unpaired) electrons. The van der Waals surface area contributed by atoms with Crippen LogP contribution in [0.15, 0.2) is 261 Å². The Balaban J connectivity index is 0.000000130. The van der Waals surface area contributed by atoms with E-state index in [0.29, 0.717) is 49.0 Å². The van der Waals surface area contributed by atoms with E-state index in [1.54, 1.807) is 13.2 Å². The zero-order chi connectivity index (χ0) is 95.2. The number of nitrogens with two attached hydrogens (primary N) is 1. The van der Waals surface area contributed by atoms with Crippen LogP contribution in [-0.2, 0) is 0 Å². The summed E-state index contributed by atoms with van der Waals surface area (Å²) in [6.07, 6.45) is 26.5. The highest BCUT2D eigenvalue weighted by molar-refractivity contribution is 6.37. The third-order valence-corrected chi connectivity index (χ3v) is 22.9. The number of hydrogen-bond acceptors (Lipinski definition) is 19. The summed E-state index contributed by atoms with van der Waals surface area (Å²) in [6.45, 7) is 24.8. The van der Waals surface area contributed by atoms with Crippen LogP contribution in [-0.4, -0.2) is 99.6 Å². The summed E-state index contributed by atoms with van der Waals surface area (Å²) >= 11 is 6.21. The highest BCUT2D eigenvalue weighted by Gasteiger charge is 2.18. The highest BCUT2D eigenvalue weighted by atomic mass is 35.5. The van der Waals surface area contributed by atoms with Crippen LogP contribution in [0.1, 0.15) is 62.0 Å². The normalized spacial score (nSPS) is 10.5. The zero-order valence-corrected chi connectivity index (χ0v) is 78.2. The van der Waals surface area contributed by atoms with Gasteiger partial charge in [0.25, 0.3) is 0 Å². The first kappa shape index (κ1) is 94.0. The fourth-order valence-electron chi connectivity index (χ4n) is 15.2. The van der Waals surface area contributed by atoms with Crippen LogP contribution in [0, 0.1) is 138 Å². The second-order valence-electron chi connectivity index (χ2n) is 32.2. The third kappa shape index (κ3) is 23.2. The van der Waals surface area contributed by atoms with E-state index in [2.05, 4.69) is 196 Å². The first-order chi connectivity index (χ1) is 65.5. The molecule has 135 heavy (non-hydrogen) atoms. The topological polar surface area (TPSA) is 250 Å². The molecule has 0 aliphatic rings. The van der Waals surface area contributed by atoms with Gasteiger partial charge in [-0.05, 0) is 237 Å². The van der Waals surface area contributed by atoms with Crippen molar-refractivity contribution in [3.05, 3.63) is 328 Å². The van der Waals surface area contributed by atoms with E-state index in [1.807, 2.05) is 211 Å². The quantitative estimate of drug-likeness (QED) is 0.0366. The average molecular weight is 1790 g/mol. The first-order valence-electron chi connectivity index (χ1n) is 43.9. The number of benzene rings is 13. The first-order valence-corrected chi connectivity index (χ1v) is 44.3. The van der Waals surface area contributed by atoms with Gasteiger partial charge in [-0.25, -0.2) is 59.8 Å². The minimum atomic E-state index is 0.460. The molecule has 19 nitrogen and oxygen atoms in total. The van der Waals surface area contributed by atoms with Gasteiger partial charge in [-0.15, -0.1) is 32.1 Å². The van der Waals surface area contributed by atoms with Crippen LogP contribution in [0.5, 0.6) is 5.75 Å². The van der Waals surface area contributed by atoms with Crippen molar-refractivity contribution in [2.45, 2.75) is 76.2 Å². The van der Waals surface area contributed by atoms with Gasteiger partial charge >= 0.3 is 0 Å². The van der Waals surface area contributed by atoms with Crippen LogP contribution in [0.3, 0.4) is 0 Å². The van der Waals surface area contributed by atoms with Crippen molar-refractivity contribution in [2.75, 3.05) is 72.2 Å². The lowest BCUT2D eigenvalue weighted by molar-refractivity contribution is 0.411. The Bertz CT molecular complexity index is 7850. The molecule has 6 heterocycles. The molecule has 0 saturated heterocycles. The molecule has 20 heteroatoms. The summed E-state index contributed by atoms with van der Waals surface area (Å²) in [4.78, 5) is 56.7. The van der Waals surface area contributed by atoms with Gasteiger partial charge < -0.3 is 37.1 Å². The van der Waals surface area contributed by atoms with Gasteiger partial charge in [0, 0.05) is 61.8 Å². The number of aryl methyl sites for hydroxylation is 10. The monoisotopic (exact) mass is 1780 g/mol. The molecule has 0 aliphatic carbocycles. The summed E-state index contributed by atoms with van der Waals surface area (Å²) in [5.74, 6) is 13.7. The predicted molar refractivity (Wildman–Crippen MR) is 562 cm³/mol. The number of fused-ring (bicyclic) bond motifs is 7. The number of anilines is 6. The number of methoxy groups -OCH3 is 1. The summed E-state index contributed by atoms with van der Waals surface area (Å²) in [5.41, 5.74) is 44.5. The lowest BCUT2D eigenvalue weighted by Gasteiger charge is -2.13. The van der Waals surface area contributed by atoms with Gasteiger partial charge in [-0.1, -0.05) is 180 Å². The summed E-state index contributed by atoms with van der Waals surface area (Å²) < 4.78 is 5.50. The van der Waals surface area contributed by atoms with Gasteiger partial charge in [-0.3, -0.25) is 0 Å². The highest BCUT2D eigenvalue weighted by Crippen LogP contribution is 2.36. The zero-order valence-electron chi connectivity index (χ0n) is 77.5. The number of rotatable bonds is 17. The molecule has 13 aromatic carbocycles. The SMILES string of the molecule is C#CCNc1ccc2nc(C)c(-c3cc(C)c(C)c(OC)c3)nc2c1.C#CCNc1ccc2nc(C)c(-c3ccc(C)c(C)c3)nc2c1.C#CCNc1ccc2nc(C)c(-c3ccc(C)cc3)nc2c1.C#CCNc1ccc2nc(C)c(-c3ccc4ccccc4c3)nc2c1.C#CCNc1ccc2nc(C)c(-c3ccccc3)nc2c1.Cc1nc2ccc(N)c(Cl)c2nc1-c1ccccc1. The Kier molecular flexibility index (Phi) is 30.6. The molecule has 0 fully saturated rings. The van der Waals surface area contributed by atoms with E-state index in [-0.39, 0.29) is 0 Å². The molecule has 0 spiro atoms. The van der Waals surface area contributed by atoms with Gasteiger partial charge in [0.1, 0.15) is 11.3 Å². The van der Waals surface area contributed by atoms with Crippen molar-refractivity contribution >= 4 is 123 Å². The largest absolute Gasteiger partial charge is 0.496 e. The maximum Gasteiger partial charge on any atom is 0.122 e. The number of hydrogen-bond donors (Lipinski definition) is 6. The Morgan fingerprint density at radius 1 is 0.274 bits per heavy atom. The van der Waals surface area contributed by atoms with Crippen molar-refractivity contribution in [3.8, 4) is 135 Å². The van der Waals surface area contributed by atoms with Gasteiger partial charge in [-0.2, -0.15) is 0 Å². The maximum absolute atomic E-state index is 6.21. The molecule has 19 rings (SSSR count). The number of nitrogens with one attached hydrogen (secondary N) is 5. The maximum atomic E-state index is 6.21. The summed E-state index contributed by atoms with van der Waals surface area (Å²) in [5, 5.41) is 18.7. The van der Waals surface area contributed by atoms with Crippen molar-refractivity contribution in [1.29, 1.82) is 0 Å². The molecular weight excluding hydrogens is 1680 g/mol. The molecule has 0 aliphatic heterocycles. The third-order valence-electron chi connectivity index (χ3n) is 22.5. The molecule has 0 amide bonds. The van der Waals surface area contributed by atoms with E-state index in [9.17, 15) is 0 Å². The number of nitrogen functional groups attached to an aromatic ring is 1. The lowest BCUT2D eigenvalue weighted by atomic mass is 10.0. The smallest absolute Gasteiger partial charge is 0.122 e. The van der Waals surface area contributed by atoms with E-state index < -0.39 is 0 Å². The molecule has 0 bridgehead atoms. The standard InChI is InChI=1S/C22H17N3.C21H21N3O.C20H19N3.C19H17N3.C18H15N3.C15H12ClN3/c1-3-12-23-19-10-11-20-21(14-19)25-22(15(2)24-20)18-9-8-16-6-4-5-7-17(16)13-18;1-6-9-22-17-7-8-18-19(12-17)24-21(15(4)23-18)16-10-13(2)14(3)20(11-16)25-5;1-5-10-21-17-8-9-18-19(12-17)23-20(15(4)22-18)16-7-6-13(2)14(3)11-16;1-4-11-20-16-9-10-17-18(12-16)22-19(14(3)21-17)15-7-5-13(2)6-8-15;1-3-11-19-15-9-10-16-17(12-15)21-18(13(2)20-16)14-7-5-4-6-8-14;1-9-14(10-5-3-2-4-6-10)19-15-12(18-9)8-7-11(17)13(15)16/h1,4-11,13-14,23H,12H2,2H3;1,7-8,10-12,22H,9H2,2-5H3;1,6-9,11-12,21H,10H2,2-4H3;1,5-10,12,20H,11H2,2-3H3;1,4-10,12,19H,11H2,2H3;2-8H,17H2,1H3. The van der Waals surface area contributed by atoms with Crippen LogP contribution in [0.25, 0.3) is 145 Å². The van der Waals surface area contributed by atoms with E-state index >= 15 is 0 Å². The second-order valence-corrected chi connectivity index (χ2v) is 32.5. The minimum absolute atomic E-state index is 0.460. The number of aromatic nitrogens is 12. The molecule has 6 aromatic heterocycles. The average Bonchev–Trinajstić information content (AvgIpc) is 0.813. The summed E-state index contributed by atoms with van der Waals surface area (Å²) in [7, 11) is 1.69. The predicted octanol–water partition coefficient (Wildman–Crippen LogP) is 24.8.